The predicted octanol–water partition coefficient (Wildman–Crippen LogP) is 1.22. The van der Waals surface area contributed by atoms with Crippen molar-refractivity contribution < 1.29 is 9.59 Å². The molecule has 1 aromatic rings. The number of carbonyl (C=O) groups is 2. The Morgan fingerprint density at radius 2 is 1.86 bits per heavy atom. The highest BCUT2D eigenvalue weighted by Crippen LogP contribution is 2.20. The van der Waals surface area contributed by atoms with Gasteiger partial charge in [0.05, 0.1) is 0 Å². The van der Waals surface area contributed by atoms with Gasteiger partial charge in [0, 0.05) is 44.7 Å². The summed E-state index contributed by atoms with van der Waals surface area (Å²) in [5.74, 6) is 0.304. The molecule has 2 amide bonds. The highest BCUT2D eigenvalue weighted by molar-refractivity contribution is 5.94. The lowest BCUT2D eigenvalue weighted by Gasteiger charge is -2.33. The van der Waals surface area contributed by atoms with Crippen LogP contribution in [-0.2, 0) is 4.79 Å². The summed E-state index contributed by atoms with van der Waals surface area (Å²) in [5, 5.41) is 3.05. The van der Waals surface area contributed by atoms with Crippen molar-refractivity contribution in [2.75, 3.05) is 40.3 Å². The summed E-state index contributed by atoms with van der Waals surface area (Å²) in [6.07, 6.45) is 1.50. The van der Waals surface area contributed by atoms with Crippen LogP contribution >= 0.6 is 0 Å². The second-order valence-corrected chi connectivity index (χ2v) is 5.80. The zero-order valence-corrected chi connectivity index (χ0v) is 13.4. The van der Waals surface area contributed by atoms with Crippen LogP contribution in [0.4, 0.5) is 0 Å². The molecule has 1 N–H and O–H groups in total. The van der Waals surface area contributed by atoms with E-state index >= 15 is 0 Å². The van der Waals surface area contributed by atoms with Crippen molar-refractivity contribution in [3.05, 3.63) is 35.9 Å². The van der Waals surface area contributed by atoms with Crippen molar-refractivity contribution in [3.63, 3.8) is 0 Å². The summed E-state index contributed by atoms with van der Waals surface area (Å²) in [5.41, 5.74) is 0.721. The molecule has 120 valence electrons. The van der Waals surface area contributed by atoms with Crippen molar-refractivity contribution in [2.24, 2.45) is 5.92 Å². The fraction of sp³-hybridized carbons (Fsp3) is 0.529. The molecule has 0 unspecified atom stereocenters. The van der Waals surface area contributed by atoms with Crippen molar-refractivity contribution in [1.29, 1.82) is 0 Å². The summed E-state index contributed by atoms with van der Waals surface area (Å²) in [6.45, 7) is 2.83. The second kappa shape index (κ2) is 7.94. The first-order valence-electron chi connectivity index (χ1n) is 7.87. The lowest BCUT2D eigenvalue weighted by Crippen LogP contribution is -2.44. The number of nitrogens with one attached hydrogen (secondary N) is 1. The van der Waals surface area contributed by atoms with Gasteiger partial charge in [-0.3, -0.25) is 9.59 Å². The Morgan fingerprint density at radius 3 is 2.45 bits per heavy atom. The molecule has 1 aromatic carbocycles. The van der Waals surface area contributed by atoms with Crippen molar-refractivity contribution in [3.8, 4) is 0 Å². The van der Waals surface area contributed by atoms with E-state index in [4.69, 9.17) is 0 Å². The van der Waals surface area contributed by atoms with Gasteiger partial charge in [0.25, 0.3) is 5.91 Å². The number of nitrogens with zero attached hydrogens (tertiary/aromatic N) is 2. The van der Waals surface area contributed by atoms with Crippen LogP contribution in [0.2, 0.25) is 0 Å². The normalized spacial score (nSPS) is 15.6. The first-order valence-corrected chi connectivity index (χ1v) is 7.87. The molecule has 1 saturated heterocycles. The number of likely N-dealkylation sites (N-methyl/N-ethyl adjacent to an activating group) is 2. The zero-order chi connectivity index (χ0) is 15.9. The molecule has 0 atom stereocenters. The third-order valence-corrected chi connectivity index (χ3v) is 4.23. The number of carbonyl (C=O) groups excluding carboxylic acids is 2. The van der Waals surface area contributed by atoms with Gasteiger partial charge in [-0.2, -0.15) is 0 Å². The molecule has 0 bridgehead atoms. The summed E-state index contributed by atoms with van der Waals surface area (Å²) in [7, 11) is 3.73. The first kappa shape index (κ1) is 16.5. The molecular weight excluding hydrogens is 278 g/mol. The van der Waals surface area contributed by atoms with E-state index in [1.54, 1.807) is 4.90 Å². The maximum atomic E-state index is 12.4. The third kappa shape index (κ3) is 4.07. The minimum absolute atomic E-state index is 0.0432. The number of likely N-dealkylation sites (tertiary alicyclic amines) is 1. The molecule has 0 radical (unpaired) electrons. The largest absolute Gasteiger partial charge is 0.344 e. The number of piperidine rings is 1. The number of hydrogen-bond donors (Lipinski definition) is 1. The van der Waals surface area contributed by atoms with Crippen LogP contribution < -0.4 is 5.32 Å². The van der Waals surface area contributed by atoms with Crippen LogP contribution in [0.3, 0.4) is 0 Å². The molecule has 0 saturated carbocycles. The Labute approximate surface area is 132 Å². The van der Waals surface area contributed by atoms with Gasteiger partial charge >= 0.3 is 0 Å². The predicted molar refractivity (Wildman–Crippen MR) is 86.6 cm³/mol. The van der Waals surface area contributed by atoms with Crippen molar-refractivity contribution in [2.45, 2.75) is 12.8 Å². The SMILES string of the molecule is CNCCN(C)C(=O)C1CCN(C(=O)c2ccccc2)CC1. The maximum absolute atomic E-state index is 12.4. The quantitative estimate of drug-likeness (QED) is 0.890. The lowest BCUT2D eigenvalue weighted by molar-refractivity contribution is -0.135. The van der Waals surface area contributed by atoms with Gasteiger partial charge < -0.3 is 15.1 Å². The van der Waals surface area contributed by atoms with E-state index in [1.165, 1.54) is 0 Å². The smallest absolute Gasteiger partial charge is 0.253 e. The van der Waals surface area contributed by atoms with Crippen LogP contribution in [0.5, 0.6) is 0 Å². The highest BCUT2D eigenvalue weighted by Gasteiger charge is 2.29. The summed E-state index contributed by atoms with van der Waals surface area (Å²) >= 11 is 0. The second-order valence-electron chi connectivity index (χ2n) is 5.80. The monoisotopic (exact) mass is 303 g/mol. The van der Waals surface area contributed by atoms with Crippen molar-refractivity contribution in [1.82, 2.24) is 15.1 Å². The minimum atomic E-state index is 0.0432. The third-order valence-electron chi connectivity index (χ3n) is 4.23. The molecule has 1 heterocycles. The van der Waals surface area contributed by atoms with E-state index in [9.17, 15) is 9.59 Å². The van der Waals surface area contributed by atoms with E-state index in [-0.39, 0.29) is 17.7 Å². The standard InChI is InChI=1S/C17H25N3O2/c1-18-10-13-19(2)16(21)15-8-11-20(12-9-15)17(22)14-6-4-3-5-7-14/h3-7,15,18H,8-13H2,1-2H3. The van der Waals surface area contributed by atoms with E-state index in [0.29, 0.717) is 13.1 Å². The van der Waals surface area contributed by atoms with Crippen LogP contribution in [0.1, 0.15) is 23.2 Å². The Morgan fingerprint density at radius 1 is 1.23 bits per heavy atom. The molecule has 22 heavy (non-hydrogen) atoms. The average molecular weight is 303 g/mol. The van der Waals surface area contributed by atoms with Crippen molar-refractivity contribution >= 4 is 11.8 Å². The molecule has 2 rings (SSSR count). The van der Waals surface area contributed by atoms with Gasteiger partial charge in [0.15, 0.2) is 0 Å². The Balaban J connectivity index is 1.85. The number of amides is 2. The number of benzene rings is 1. The Bertz CT molecular complexity index is 496. The van der Waals surface area contributed by atoms with Crippen LogP contribution in [0, 0.1) is 5.92 Å². The topological polar surface area (TPSA) is 52.7 Å². The van der Waals surface area contributed by atoms with E-state index in [2.05, 4.69) is 5.32 Å². The van der Waals surface area contributed by atoms with Crippen LogP contribution in [-0.4, -0.2) is 61.9 Å². The van der Waals surface area contributed by atoms with Crippen LogP contribution in [0.15, 0.2) is 30.3 Å². The molecule has 1 fully saturated rings. The van der Waals surface area contributed by atoms with Gasteiger partial charge in [-0.15, -0.1) is 0 Å². The van der Waals surface area contributed by atoms with E-state index in [0.717, 1.165) is 31.5 Å². The molecule has 1 aliphatic heterocycles. The minimum Gasteiger partial charge on any atom is -0.344 e. The fourth-order valence-electron chi connectivity index (χ4n) is 2.79. The average Bonchev–Trinajstić information content (AvgIpc) is 2.59. The van der Waals surface area contributed by atoms with Gasteiger partial charge in [0.1, 0.15) is 0 Å². The fourth-order valence-corrected chi connectivity index (χ4v) is 2.79. The zero-order valence-electron chi connectivity index (χ0n) is 13.4. The molecule has 0 aromatic heterocycles. The number of hydrogen-bond acceptors (Lipinski definition) is 3. The first-order chi connectivity index (χ1) is 10.6. The summed E-state index contributed by atoms with van der Waals surface area (Å²) in [6, 6.07) is 9.33. The summed E-state index contributed by atoms with van der Waals surface area (Å²) < 4.78 is 0. The molecular formula is C17H25N3O2. The Kier molecular flexibility index (Phi) is 5.95. The molecule has 5 nitrogen and oxygen atoms in total. The lowest BCUT2D eigenvalue weighted by atomic mass is 9.95. The highest BCUT2D eigenvalue weighted by atomic mass is 16.2. The van der Waals surface area contributed by atoms with Crippen LogP contribution in [0.25, 0.3) is 0 Å². The molecule has 0 spiro atoms. The molecule has 1 aliphatic rings. The molecule has 0 aliphatic carbocycles. The van der Waals surface area contributed by atoms with Gasteiger partial charge in [-0.05, 0) is 32.0 Å². The van der Waals surface area contributed by atoms with Gasteiger partial charge in [-0.25, -0.2) is 0 Å². The number of rotatable bonds is 5. The van der Waals surface area contributed by atoms with E-state index < -0.39 is 0 Å². The maximum Gasteiger partial charge on any atom is 0.253 e. The molecule has 5 heteroatoms. The Hall–Kier alpha value is -1.88. The van der Waals surface area contributed by atoms with Gasteiger partial charge in [-0.1, -0.05) is 18.2 Å². The van der Waals surface area contributed by atoms with Gasteiger partial charge in [0.2, 0.25) is 5.91 Å². The summed E-state index contributed by atoms with van der Waals surface area (Å²) in [4.78, 5) is 28.4. The van der Waals surface area contributed by atoms with E-state index in [1.807, 2.05) is 49.3 Å².